The number of hydrogen-bond donors (Lipinski definition) is 2. The van der Waals surface area contributed by atoms with Crippen LogP contribution in [0.2, 0.25) is 0 Å². The second-order valence-electron chi connectivity index (χ2n) is 5.10. The maximum Gasteiger partial charge on any atom is 0.415 e. The summed E-state index contributed by atoms with van der Waals surface area (Å²) in [5.41, 5.74) is 0. The molecule has 0 aromatic carbocycles. The van der Waals surface area contributed by atoms with Crippen LogP contribution in [0.3, 0.4) is 0 Å². The van der Waals surface area contributed by atoms with Gasteiger partial charge in [0, 0.05) is 19.1 Å². The topological polar surface area (TPSA) is 35.5 Å². The summed E-state index contributed by atoms with van der Waals surface area (Å²) in [6.07, 6.45) is -3.17. The lowest BCUT2D eigenvalue weighted by molar-refractivity contribution is -0.201. The molecule has 3 nitrogen and oxygen atoms in total. The van der Waals surface area contributed by atoms with E-state index in [9.17, 15) is 13.2 Å². The summed E-state index contributed by atoms with van der Waals surface area (Å²) in [5, 5.41) is 11.5. The van der Waals surface area contributed by atoms with Crippen molar-refractivity contribution < 1.29 is 18.3 Å². The molecular weight excluding hydrogens is 233 g/mol. The van der Waals surface area contributed by atoms with E-state index < -0.39 is 18.8 Å². The van der Waals surface area contributed by atoms with Gasteiger partial charge in [0.2, 0.25) is 0 Å². The highest BCUT2D eigenvalue weighted by molar-refractivity contribution is 4.90. The lowest BCUT2D eigenvalue weighted by Gasteiger charge is -2.18. The first-order valence-electron chi connectivity index (χ1n) is 6.16. The van der Waals surface area contributed by atoms with Gasteiger partial charge in [-0.25, -0.2) is 0 Å². The summed E-state index contributed by atoms with van der Waals surface area (Å²) in [7, 11) is 0. The van der Waals surface area contributed by atoms with Gasteiger partial charge in [0.15, 0.2) is 6.10 Å². The number of nitrogens with zero attached hydrogens (tertiary/aromatic N) is 1. The van der Waals surface area contributed by atoms with E-state index in [2.05, 4.69) is 10.2 Å². The Morgan fingerprint density at radius 3 is 2.59 bits per heavy atom. The minimum Gasteiger partial charge on any atom is -0.382 e. The molecule has 17 heavy (non-hydrogen) atoms. The summed E-state index contributed by atoms with van der Waals surface area (Å²) in [5.74, 6) is 0.427. The van der Waals surface area contributed by atoms with Crippen LogP contribution >= 0.6 is 0 Å². The van der Waals surface area contributed by atoms with Crippen molar-refractivity contribution in [3.63, 3.8) is 0 Å². The van der Waals surface area contributed by atoms with Gasteiger partial charge >= 0.3 is 6.18 Å². The fraction of sp³-hybridized carbons (Fsp3) is 1.00. The standard InChI is InChI=1S/C11H19F3N2O/c12-11(13,14)10(17)6-15-5-8-3-4-16(7-8)9-1-2-9/h8-10,15,17H,1-7H2. The van der Waals surface area contributed by atoms with E-state index in [1.54, 1.807) is 0 Å². The van der Waals surface area contributed by atoms with Crippen LogP contribution in [-0.2, 0) is 0 Å². The third kappa shape index (κ3) is 3.82. The van der Waals surface area contributed by atoms with E-state index in [1.807, 2.05) is 0 Å². The number of rotatable bonds is 5. The molecule has 2 rings (SSSR count). The summed E-state index contributed by atoms with van der Waals surface area (Å²) in [6.45, 7) is 2.22. The van der Waals surface area contributed by atoms with Crippen LogP contribution in [0.25, 0.3) is 0 Å². The zero-order valence-corrected chi connectivity index (χ0v) is 9.71. The van der Waals surface area contributed by atoms with Crippen molar-refractivity contribution in [3.05, 3.63) is 0 Å². The molecular formula is C11H19F3N2O. The van der Waals surface area contributed by atoms with Gasteiger partial charge in [-0.3, -0.25) is 0 Å². The number of hydrogen-bond acceptors (Lipinski definition) is 3. The van der Waals surface area contributed by atoms with Crippen molar-refractivity contribution in [3.8, 4) is 0 Å². The molecule has 6 heteroatoms. The van der Waals surface area contributed by atoms with Crippen LogP contribution in [0.4, 0.5) is 13.2 Å². The lowest BCUT2D eigenvalue weighted by Crippen LogP contribution is -2.40. The minimum absolute atomic E-state index is 0.399. The van der Waals surface area contributed by atoms with Gasteiger partial charge in [-0.05, 0) is 38.3 Å². The van der Waals surface area contributed by atoms with Crippen LogP contribution in [0.1, 0.15) is 19.3 Å². The minimum atomic E-state index is -4.51. The molecule has 0 aromatic heterocycles. The van der Waals surface area contributed by atoms with Gasteiger partial charge in [0.25, 0.3) is 0 Å². The molecule has 0 bridgehead atoms. The SMILES string of the molecule is OC(CNCC1CCN(C2CC2)C1)C(F)(F)F. The molecule has 1 aliphatic carbocycles. The average molecular weight is 252 g/mol. The summed E-state index contributed by atoms with van der Waals surface area (Å²) in [4.78, 5) is 2.42. The Morgan fingerprint density at radius 1 is 1.29 bits per heavy atom. The van der Waals surface area contributed by atoms with Crippen LogP contribution in [0, 0.1) is 5.92 Å². The van der Waals surface area contributed by atoms with Gasteiger partial charge in [-0.1, -0.05) is 0 Å². The number of nitrogens with one attached hydrogen (secondary N) is 1. The molecule has 0 aromatic rings. The molecule has 1 aliphatic heterocycles. The Bertz CT molecular complexity index is 256. The fourth-order valence-electron chi connectivity index (χ4n) is 2.34. The molecule has 2 unspecified atom stereocenters. The van der Waals surface area contributed by atoms with Crippen molar-refractivity contribution in [2.24, 2.45) is 5.92 Å². The first-order chi connectivity index (χ1) is 7.97. The molecule has 0 radical (unpaired) electrons. The summed E-state index contributed by atoms with van der Waals surface area (Å²) < 4.78 is 36.1. The van der Waals surface area contributed by atoms with Gasteiger partial charge in [0.05, 0.1) is 0 Å². The van der Waals surface area contributed by atoms with E-state index in [0.717, 1.165) is 25.6 Å². The van der Waals surface area contributed by atoms with E-state index >= 15 is 0 Å². The Kier molecular flexibility index (Phi) is 3.95. The third-order valence-corrected chi connectivity index (χ3v) is 3.53. The van der Waals surface area contributed by atoms with E-state index in [1.165, 1.54) is 12.8 Å². The maximum absolute atomic E-state index is 12.0. The van der Waals surface area contributed by atoms with E-state index in [4.69, 9.17) is 5.11 Å². The van der Waals surface area contributed by atoms with Gasteiger partial charge in [0.1, 0.15) is 0 Å². The molecule has 2 aliphatic rings. The predicted molar refractivity (Wildman–Crippen MR) is 57.6 cm³/mol. The number of alkyl halides is 3. The summed E-state index contributed by atoms with van der Waals surface area (Å²) in [6, 6.07) is 0.737. The van der Waals surface area contributed by atoms with Crippen LogP contribution < -0.4 is 5.32 Å². The zero-order chi connectivity index (χ0) is 12.5. The molecule has 2 N–H and O–H groups in total. The number of aliphatic hydroxyl groups excluding tert-OH is 1. The fourth-order valence-corrected chi connectivity index (χ4v) is 2.34. The predicted octanol–water partition coefficient (Wildman–Crippen LogP) is 0.983. The van der Waals surface area contributed by atoms with E-state index in [0.29, 0.717) is 12.5 Å². The molecule has 1 saturated heterocycles. The van der Waals surface area contributed by atoms with Crippen LogP contribution in [0.15, 0.2) is 0 Å². The maximum atomic E-state index is 12.0. The zero-order valence-electron chi connectivity index (χ0n) is 9.71. The Hall–Kier alpha value is -0.330. The van der Waals surface area contributed by atoms with Crippen molar-refractivity contribution in [2.45, 2.75) is 37.6 Å². The monoisotopic (exact) mass is 252 g/mol. The molecule has 0 amide bonds. The Labute approximate surface area is 99.0 Å². The van der Waals surface area contributed by atoms with Crippen LogP contribution in [-0.4, -0.2) is 54.5 Å². The lowest BCUT2D eigenvalue weighted by atomic mass is 10.1. The van der Waals surface area contributed by atoms with Gasteiger partial charge in [-0.2, -0.15) is 13.2 Å². The first-order valence-corrected chi connectivity index (χ1v) is 6.16. The van der Waals surface area contributed by atoms with Crippen molar-refractivity contribution in [1.29, 1.82) is 0 Å². The number of aliphatic hydroxyl groups is 1. The van der Waals surface area contributed by atoms with Crippen molar-refractivity contribution >= 4 is 0 Å². The van der Waals surface area contributed by atoms with Crippen molar-refractivity contribution in [1.82, 2.24) is 10.2 Å². The Balaban J connectivity index is 1.59. The summed E-state index contributed by atoms with van der Waals surface area (Å²) >= 11 is 0. The molecule has 100 valence electrons. The molecule has 1 saturated carbocycles. The van der Waals surface area contributed by atoms with Crippen LogP contribution in [0.5, 0.6) is 0 Å². The molecule has 0 spiro atoms. The largest absolute Gasteiger partial charge is 0.415 e. The normalized spacial score (nSPS) is 28.6. The van der Waals surface area contributed by atoms with Gasteiger partial charge in [-0.15, -0.1) is 0 Å². The quantitative estimate of drug-likeness (QED) is 0.766. The Morgan fingerprint density at radius 2 is 2.00 bits per heavy atom. The average Bonchev–Trinajstić information content (AvgIpc) is 2.98. The second-order valence-corrected chi connectivity index (χ2v) is 5.10. The van der Waals surface area contributed by atoms with E-state index in [-0.39, 0.29) is 0 Å². The molecule has 1 heterocycles. The molecule has 2 atom stereocenters. The first kappa shape index (κ1) is 13.1. The third-order valence-electron chi connectivity index (χ3n) is 3.53. The molecule has 2 fully saturated rings. The highest BCUT2D eigenvalue weighted by Gasteiger charge is 2.38. The number of likely N-dealkylation sites (tertiary alicyclic amines) is 1. The smallest absolute Gasteiger partial charge is 0.382 e. The highest BCUT2D eigenvalue weighted by Crippen LogP contribution is 2.31. The number of halogens is 3. The van der Waals surface area contributed by atoms with Crippen molar-refractivity contribution in [2.75, 3.05) is 26.2 Å². The van der Waals surface area contributed by atoms with Gasteiger partial charge < -0.3 is 15.3 Å². The second kappa shape index (κ2) is 5.12. The highest BCUT2D eigenvalue weighted by atomic mass is 19.4.